The molecule has 0 rings (SSSR count). The Morgan fingerprint density at radius 3 is 1.00 bits per heavy atom. The first kappa shape index (κ1) is 15.8. The molecule has 0 aromatic rings. The number of hydrogen-bond donors (Lipinski definition) is 4. The summed E-state index contributed by atoms with van der Waals surface area (Å²) in [7, 11) is -4.61. The average Bonchev–Trinajstić information content (AvgIpc) is 0.722. The van der Waals surface area contributed by atoms with Crippen LogP contribution in [-0.2, 0) is 0 Å². The topological polar surface area (TPSA) is 80.9 Å². The van der Waals surface area contributed by atoms with Gasteiger partial charge in [-0.05, 0) is 11.0 Å². The molecule has 0 heterocycles. The van der Waals surface area contributed by atoms with E-state index in [1.165, 1.54) is 0 Å². The zero-order valence-corrected chi connectivity index (χ0v) is 6.20. The Labute approximate surface area is 79.3 Å². The average molecular weight is 170 g/mol. The third-order valence-electron chi connectivity index (χ3n) is 0. The van der Waals surface area contributed by atoms with Gasteiger partial charge in [-0.25, -0.2) is 0 Å². The largest absolute Gasteiger partial charge is 2.00 e. The molecule has 4 N–H and O–H groups in total. The number of hydrogen-bond acceptors (Lipinski definition) is 4. The second-order valence-corrected chi connectivity index (χ2v) is 1.80. The molecule has 7 heavy (non-hydrogen) atoms. The van der Waals surface area contributed by atoms with E-state index in [-0.39, 0.29) is 51.6 Å². The van der Waals surface area contributed by atoms with Crippen LogP contribution in [0.2, 0.25) is 0 Å². The van der Waals surface area contributed by atoms with Crippen LogP contribution in [-0.4, -0.2) is 76.9 Å². The molecule has 0 aromatic heterocycles. The predicted octanol–water partition coefficient (Wildman–Crippen LogP) is -4.22. The maximum Gasteiger partial charge on any atom is 2.00 e. The summed E-state index contributed by atoms with van der Waals surface area (Å²) in [4.78, 5) is 29.3. The van der Waals surface area contributed by atoms with E-state index >= 15 is 0 Å². The molecule has 0 aromatic carbocycles. The normalized spacial score (nSPS) is 8.57. The maximum absolute atomic E-state index is 7.33. The van der Waals surface area contributed by atoms with Crippen molar-refractivity contribution in [1.29, 1.82) is 0 Å². The predicted molar refractivity (Wildman–Crippen MR) is 33.9 cm³/mol. The quantitative estimate of drug-likeness (QED) is 0.278. The van der Waals surface area contributed by atoms with Crippen molar-refractivity contribution < 1.29 is 22.0 Å². The van der Waals surface area contributed by atoms with Gasteiger partial charge >= 0.3 is 46.8 Å². The van der Waals surface area contributed by atoms with E-state index in [0.717, 1.165) is 0 Å². The third-order valence-corrected chi connectivity index (χ3v) is 0. The molecule has 0 bridgehead atoms. The summed E-state index contributed by atoms with van der Waals surface area (Å²) in [6.45, 7) is 0. The second kappa shape index (κ2) is 5.67. The van der Waals surface area contributed by atoms with Crippen molar-refractivity contribution in [3.05, 3.63) is 0 Å². The van der Waals surface area contributed by atoms with Crippen LogP contribution in [0, 0.1) is 0 Å². The van der Waals surface area contributed by atoms with Crippen LogP contribution >= 0.6 is 0 Å². The minimum absolute atomic E-state index is 0. The molecule has 0 amide bonds. The van der Waals surface area contributed by atoms with Crippen molar-refractivity contribution in [1.82, 2.24) is 0 Å². The Balaban J connectivity index is -0.0000000133. The SMILES string of the molecule is O[Si](O)(O)O.[Ca+2].[H-].[H-].[SiH4]. The summed E-state index contributed by atoms with van der Waals surface area (Å²) in [6, 6.07) is 0. The molecule has 0 spiro atoms. The molecule has 0 saturated heterocycles. The second-order valence-electron chi connectivity index (χ2n) is 0.600. The van der Waals surface area contributed by atoms with Crippen molar-refractivity contribution in [2.45, 2.75) is 0 Å². The molecule has 0 unspecified atom stereocenters. The van der Waals surface area contributed by atoms with Gasteiger partial charge in [0.25, 0.3) is 0 Å². The summed E-state index contributed by atoms with van der Waals surface area (Å²) < 4.78 is 0. The van der Waals surface area contributed by atoms with Crippen LogP contribution in [0.3, 0.4) is 0 Å². The van der Waals surface area contributed by atoms with Gasteiger partial charge in [-0.2, -0.15) is 0 Å². The van der Waals surface area contributed by atoms with Gasteiger partial charge in [0.2, 0.25) is 0 Å². The van der Waals surface area contributed by atoms with Gasteiger partial charge < -0.3 is 22.0 Å². The molecular formula is H10CaO4Si2. The van der Waals surface area contributed by atoms with Gasteiger partial charge in [0.1, 0.15) is 0 Å². The Hall–Kier alpha value is 1.53. The minimum Gasteiger partial charge on any atom is -1.00 e. The fraction of sp³-hybridized carbons (Fsp3) is 0. The van der Waals surface area contributed by atoms with Gasteiger partial charge in [-0.1, -0.05) is 0 Å². The summed E-state index contributed by atoms with van der Waals surface area (Å²) in [6.07, 6.45) is 0. The van der Waals surface area contributed by atoms with Crippen molar-refractivity contribution in [3.8, 4) is 0 Å². The molecule has 7 heteroatoms. The molecular weight excluding hydrogens is 160 g/mol. The smallest absolute Gasteiger partial charge is 1.00 e. The van der Waals surface area contributed by atoms with Gasteiger partial charge in [-0.15, -0.1) is 0 Å². The van der Waals surface area contributed by atoms with Gasteiger partial charge in [-0.3, -0.25) is 0 Å². The first-order valence-electron chi connectivity index (χ1n) is 0.894. The van der Waals surface area contributed by atoms with Crippen molar-refractivity contribution >= 4 is 57.8 Å². The van der Waals surface area contributed by atoms with Gasteiger partial charge in [0, 0.05) is 0 Å². The van der Waals surface area contributed by atoms with Crippen molar-refractivity contribution in [2.75, 3.05) is 0 Å². The van der Waals surface area contributed by atoms with E-state index in [4.69, 9.17) is 19.2 Å². The maximum atomic E-state index is 7.33. The van der Waals surface area contributed by atoms with Crippen LogP contribution in [0.15, 0.2) is 0 Å². The number of rotatable bonds is 0. The molecule has 0 radical (unpaired) electrons. The van der Waals surface area contributed by atoms with Crippen LogP contribution in [0.5, 0.6) is 0 Å². The molecule has 0 aliphatic carbocycles. The molecule has 4 nitrogen and oxygen atoms in total. The van der Waals surface area contributed by atoms with E-state index in [0.29, 0.717) is 0 Å². The molecule has 0 saturated carbocycles. The third kappa shape index (κ3) is 98.1. The molecule has 44 valence electrons. The Morgan fingerprint density at radius 1 is 1.00 bits per heavy atom. The summed E-state index contributed by atoms with van der Waals surface area (Å²) in [5.74, 6) is 0. The Kier molecular flexibility index (Phi) is 12.8. The van der Waals surface area contributed by atoms with E-state index in [1.807, 2.05) is 0 Å². The van der Waals surface area contributed by atoms with E-state index in [2.05, 4.69) is 0 Å². The van der Waals surface area contributed by atoms with E-state index in [1.54, 1.807) is 0 Å². The van der Waals surface area contributed by atoms with Crippen molar-refractivity contribution in [2.24, 2.45) is 0 Å². The molecule has 0 fully saturated rings. The van der Waals surface area contributed by atoms with Gasteiger partial charge in [0.15, 0.2) is 0 Å². The van der Waals surface area contributed by atoms with Crippen LogP contribution in [0.4, 0.5) is 0 Å². The fourth-order valence-corrected chi connectivity index (χ4v) is 0. The summed E-state index contributed by atoms with van der Waals surface area (Å²) in [5.41, 5.74) is 0. The monoisotopic (exact) mass is 170 g/mol. The van der Waals surface area contributed by atoms with Crippen LogP contribution < -0.4 is 0 Å². The first-order chi connectivity index (χ1) is 2.00. The molecule has 0 aliphatic heterocycles. The Morgan fingerprint density at radius 2 is 1.00 bits per heavy atom. The van der Waals surface area contributed by atoms with Crippen LogP contribution in [0.1, 0.15) is 2.85 Å². The molecule has 0 aliphatic rings. The zero-order chi connectivity index (χ0) is 4.50. The standard InChI is InChI=1S/Ca.H4O4Si.H4Si.2H/c;1-5(2,3)4;;;/h;1-4H;1H4;;/q+2;;;2*-1. The molecule has 0 atom stereocenters. The first-order valence-corrected chi connectivity index (χ1v) is 2.68. The van der Waals surface area contributed by atoms with Gasteiger partial charge in [0.05, 0.1) is 0 Å². The van der Waals surface area contributed by atoms with E-state index < -0.39 is 9.05 Å². The minimum atomic E-state index is -4.61. The summed E-state index contributed by atoms with van der Waals surface area (Å²) in [5, 5.41) is 0. The fourth-order valence-electron chi connectivity index (χ4n) is 0. The Bertz CT molecular complexity index is 32.0. The van der Waals surface area contributed by atoms with Crippen molar-refractivity contribution in [3.63, 3.8) is 0 Å². The summed E-state index contributed by atoms with van der Waals surface area (Å²) >= 11 is 0. The van der Waals surface area contributed by atoms with E-state index in [9.17, 15) is 0 Å². The zero-order valence-electron chi connectivity index (χ0n) is 5.00. The van der Waals surface area contributed by atoms with Crippen LogP contribution in [0.25, 0.3) is 0 Å².